The van der Waals surface area contributed by atoms with Gasteiger partial charge in [-0.3, -0.25) is 4.79 Å². The molecule has 1 aromatic heterocycles. The van der Waals surface area contributed by atoms with E-state index in [0.717, 1.165) is 17.1 Å². The fourth-order valence-electron chi connectivity index (χ4n) is 1.76. The predicted octanol–water partition coefficient (Wildman–Crippen LogP) is 1.98. The third-order valence-corrected chi connectivity index (χ3v) is 3.17. The van der Waals surface area contributed by atoms with Crippen LogP contribution in [0.1, 0.15) is 18.3 Å². The van der Waals surface area contributed by atoms with Gasteiger partial charge in [0.1, 0.15) is 18.2 Å². The Labute approximate surface area is 118 Å². The van der Waals surface area contributed by atoms with E-state index >= 15 is 0 Å². The lowest BCUT2D eigenvalue weighted by molar-refractivity contribution is -0.128. The number of aryl methyl sites for hydroxylation is 1. The molecule has 0 radical (unpaired) electrons. The summed E-state index contributed by atoms with van der Waals surface area (Å²) >= 11 is 0. The van der Waals surface area contributed by atoms with Crippen molar-refractivity contribution in [1.29, 1.82) is 0 Å². The molecule has 0 N–H and O–H groups in total. The van der Waals surface area contributed by atoms with E-state index in [4.69, 9.17) is 4.74 Å². The number of imidazole rings is 1. The van der Waals surface area contributed by atoms with E-state index in [1.807, 2.05) is 42.1 Å². The van der Waals surface area contributed by atoms with E-state index in [9.17, 15) is 4.79 Å². The summed E-state index contributed by atoms with van der Waals surface area (Å²) in [5, 5.41) is 0. The number of carbonyl (C=O) groups excluding carboxylic acids is 1. The fraction of sp³-hybridized carbons (Fsp3) is 0.333. The van der Waals surface area contributed by atoms with Crippen molar-refractivity contribution in [3.05, 3.63) is 48.0 Å². The van der Waals surface area contributed by atoms with Gasteiger partial charge in [-0.25, -0.2) is 4.98 Å². The van der Waals surface area contributed by atoms with Crippen molar-refractivity contribution < 1.29 is 9.53 Å². The van der Waals surface area contributed by atoms with Crippen molar-refractivity contribution in [2.24, 2.45) is 7.05 Å². The third-order valence-electron chi connectivity index (χ3n) is 3.17. The number of nitrogens with zero attached hydrogens (tertiary/aromatic N) is 3. The second-order valence-corrected chi connectivity index (χ2v) is 4.76. The standard InChI is InChI=1S/C15H19N3O2/c1-12(19)18(3)10-13-4-6-14(7-5-13)20-11-15-16-8-9-17(15)2/h4-9H,10-11H2,1-3H3. The normalized spacial score (nSPS) is 10.3. The lowest BCUT2D eigenvalue weighted by atomic mass is 10.2. The third kappa shape index (κ3) is 3.60. The first-order valence-electron chi connectivity index (χ1n) is 6.46. The van der Waals surface area contributed by atoms with Crippen molar-refractivity contribution in [2.45, 2.75) is 20.1 Å². The zero-order valence-electron chi connectivity index (χ0n) is 12.0. The summed E-state index contributed by atoms with van der Waals surface area (Å²) in [6.45, 7) is 2.61. The van der Waals surface area contributed by atoms with Gasteiger partial charge in [-0.05, 0) is 17.7 Å². The maximum Gasteiger partial charge on any atom is 0.219 e. The Morgan fingerprint density at radius 2 is 2.05 bits per heavy atom. The number of benzene rings is 1. The first-order chi connectivity index (χ1) is 9.56. The average molecular weight is 273 g/mol. The van der Waals surface area contributed by atoms with Crippen LogP contribution in [0.15, 0.2) is 36.7 Å². The Morgan fingerprint density at radius 3 is 2.60 bits per heavy atom. The molecule has 0 atom stereocenters. The molecule has 106 valence electrons. The van der Waals surface area contributed by atoms with Crippen molar-refractivity contribution in [1.82, 2.24) is 14.5 Å². The monoisotopic (exact) mass is 273 g/mol. The number of hydrogen-bond acceptors (Lipinski definition) is 3. The van der Waals surface area contributed by atoms with Gasteiger partial charge in [-0.2, -0.15) is 0 Å². The van der Waals surface area contributed by atoms with E-state index in [1.165, 1.54) is 0 Å². The lowest BCUT2D eigenvalue weighted by Crippen LogP contribution is -2.22. The minimum atomic E-state index is 0.0557. The summed E-state index contributed by atoms with van der Waals surface area (Å²) in [5.41, 5.74) is 1.08. The van der Waals surface area contributed by atoms with Gasteiger partial charge < -0.3 is 14.2 Å². The SMILES string of the molecule is CC(=O)N(C)Cc1ccc(OCc2nccn2C)cc1. The highest BCUT2D eigenvalue weighted by Crippen LogP contribution is 2.14. The first-order valence-corrected chi connectivity index (χ1v) is 6.46. The summed E-state index contributed by atoms with van der Waals surface area (Å²) < 4.78 is 7.60. The molecule has 0 aliphatic rings. The quantitative estimate of drug-likeness (QED) is 0.837. The molecule has 1 aromatic carbocycles. The van der Waals surface area contributed by atoms with Gasteiger partial charge in [0.15, 0.2) is 0 Å². The molecule has 1 heterocycles. The maximum atomic E-state index is 11.2. The number of aromatic nitrogens is 2. The molecule has 0 fully saturated rings. The van der Waals surface area contributed by atoms with Crippen LogP contribution in [-0.2, 0) is 25.0 Å². The van der Waals surface area contributed by atoms with E-state index in [2.05, 4.69) is 4.98 Å². The molecule has 1 amide bonds. The van der Waals surface area contributed by atoms with Gasteiger partial charge in [0.25, 0.3) is 0 Å². The molecule has 0 aliphatic heterocycles. The number of hydrogen-bond donors (Lipinski definition) is 0. The molecule has 0 unspecified atom stereocenters. The van der Waals surface area contributed by atoms with Gasteiger partial charge in [0.05, 0.1) is 0 Å². The van der Waals surface area contributed by atoms with E-state index in [-0.39, 0.29) is 5.91 Å². The molecule has 0 aliphatic carbocycles. The number of ether oxygens (including phenoxy) is 1. The van der Waals surface area contributed by atoms with E-state index in [1.54, 1.807) is 25.1 Å². The first kappa shape index (κ1) is 14.1. The van der Waals surface area contributed by atoms with Crippen LogP contribution in [0, 0.1) is 0 Å². The summed E-state index contributed by atoms with van der Waals surface area (Å²) in [6.07, 6.45) is 3.64. The Morgan fingerprint density at radius 1 is 1.35 bits per heavy atom. The summed E-state index contributed by atoms with van der Waals surface area (Å²) in [4.78, 5) is 17.0. The van der Waals surface area contributed by atoms with Crippen LogP contribution < -0.4 is 4.74 Å². The number of carbonyl (C=O) groups is 1. The van der Waals surface area contributed by atoms with Crippen LogP contribution in [0.2, 0.25) is 0 Å². The topological polar surface area (TPSA) is 47.4 Å². The minimum absolute atomic E-state index is 0.0557. The van der Waals surface area contributed by atoms with Crippen LogP contribution in [-0.4, -0.2) is 27.4 Å². The van der Waals surface area contributed by atoms with Crippen LogP contribution >= 0.6 is 0 Å². The minimum Gasteiger partial charge on any atom is -0.486 e. The highest BCUT2D eigenvalue weighted by atomic mass is 16.5. The van der Waals surface area contributed by atoms with Crippen molar-refractivity contribution in [2.75, 3.05) is 7.05 Å². The van der Waals surface area contributed by atoms with Crippen molar-refractivity contribution in [3.8, 4) is 5.75 Å². The van der Waals surface area contributed by atoms with Gasteiger partial charge in [-0.15, -0.1) is 0 Å². The smallest absolute Gasteiger partial charge is 0.219 e. The Bertz CT molecular complexity index is 575. The summed E-state index contributed by atoms with van der Waals surface area (Å²) in [7, 11) is 3.72. The maximum absolute atomic E-state index is 11.2. The molecule has 0 spiro atoms. The number of rotatable bonds is 5. The largest absolute Gasteiger partial charge is 0.486 e. The zero-order chi connectivity index (χ0) is 14.5. The molecule has 5 nitrogen and oxygen atoms in total. The predicted molar refractivity (Wildman–Crippen MR) is 76.1 cm³/mol. The van der Waals surface area contributed by atoms with Crippen LogP contribution in [0.5, 0.6) is 5.75 Å². The molecular weight excluding hydrogens is 254 g/mol. The number of amides is 1. The fourth-order valence-corrected chi connectivity index (χ4v) is 1.76. The van der Waals surface area contributed by atoms with Crippen LogP contribution in [0.3, 0.4) is 0 Å². The van der Waals surface area contributed by atoms with Crippen molar-refractivity contribution in [3.63, 3.8) is 0 Å². The molecule has 2 aromatic rings. The van der Waals surface area contributed by atoms with Crippen molar-refractivity contribution >= 4 is 5.91 Å². The second kappa shape index (κ2) is 6.23. The highest BCUT2D eigenvalue weighted by molar-refractivity contribution is 5.72. The average Bonchev–Trinajstić information content (AvgIpc) is 2.83. The molecular formula is C15H19N3O2. The van der Waals surface area contributed by atoms with Gasteiger partial charge in [0.2, 0.25) is 5.91 Å². The Kier molecular flexibility index (Phi) is 4.40. The molecule has 20 heavy (non-hydrogen) atoms. The lowest BCUT2D eigenvalue weighted by Gasteiger charge is -2.15. The van der Waals surface area contributed by atoms with E-state index < -0.39 is 0 Å². The molecule has 0 saturated carbocycles. The van der Waals surface area contributed by atoms with Crippen LogP contribution in [0.4, 0.5) is 0 Å². The van der Waals surface area contributed by atoms with Gasteiger partial charge in [-0.1, -0.05) is 12.1 Å². The highest BCUT2D eigenvalue weighted by Gasteiger charge is 2.04. The van der Waals surface area contributed by atoms with Gasteiger partial charge >= 0.3 is 0 Å². The molecule has 0 saturated heterocycles. The second-order valence-electron chi connectivity index (χ2n) is 4.76. The summed E-state index contributed by atoms with van der Waals surface area (Å²) in [5.74, 6) is 1.73. The molecule has 0 bridgehead atoms. The molecule has 2 rings (SSSR count). The zero-order valence-corrected chi connectivity index (χ0v) is 12.0. The van der Waals surface area contributed by atoms with Gasteiger partial charge in [0, 0.05) is 40.0 Å². The molecule has 5 heteroatoms. The Hall–Kier alpha value is -2.30. The van der Waals surface area contributed by atoms with E-state index in [0.29, 0.717) is 13.2 Å². The Balaban J connectivity index is 1.91. The van der Waals surface area contributed by atoms with Crippen LogP contribution in [0.25, 0.3) is 0 Å². The summed E-state index contributed by atoms with van der Waals surface area (Å²) in [6, 6.07) is 7.75.